The van der Waals surface area contributed by atoms with E-state index in [0.717, 1.165) is 16.9 Å². The van der Waals surface area contributed by atoms with Crippen LogP contribution in [0.25, 0.3) is 0 Å². The van der Waals surface area contributed by atoms with Crippen LogP contribution in [0.5, 0.6) is 5.75 Å². The first-order valence-corrected chi connectivity index (χ1v) is 7.82. The Morgan fingerprint density at radius 3 is 2.57 bits per heavy atom. The first-order valence-electron chi connectivity index (χ1n) is 7.82. The Hall–Kier alpha value is -2.30. The largest absolute Gasteiger partial charge is 0.496 e. The number of benzene rings is 1. The zero-order chi connectivity index (χ0) is 16.8. The van der Waals surface area contributed by atoms with Crippen molar-refractivity contribution in [3.63, 3.8) is 0 Å². The van der Waals surface area contributed by atoms with E-state index in [4.69, 9.17) is 9.84 Å². The number of carboxylic acid groups (broad SMARTS) is 1. The molecule has 0 radical (unpaired) electrons. The predicted octanol–water partition coefficient (Wildman–Crippen LogP) is 2.51. The Kier molecular flexibility index (Phi) is 5.79. The molecule has 0 saturated carbocycles. The number of carbonyl (C=O) groups excluding carboxylic acids is 1. The Balaban J connectivity index is 1.95. The van der Waals surface area contributed by atoms with Gasteiger partial charge in [-0.3, -0.25) is 9.59 Å². The standard InChI is InChI=1S/C18H23NO4/c1-13(11-15-5-3-4-6-16(15)23-2)12-17(20)19-9-7-14(8-10-19)18(21)22/h3-6,12,14H,7-11H2,1-2H3,(H,21,22)/b13-12+. The minimum absolute atomic E-state index is 0.0405. The van der Waals surface area contributed by atoms with Crippen LogP contribution >= 0.6 is 0 Å². The van der Waals surface area contributed by atoms with Crippen molar-refractivity contribution in [1.82, 2.24) is 4.90 Å². The van der Waals surface area contributed by atoms with Crippen molar-refractivity contribution in [3.05, 3.63) is 41.5 Å². The van der Waals surface area contributed by atoms with Crippen LogP contribution < -0.4 is 4.74 Å². The van der Waals surface area contributed by atoms with E-state index in [1.54, 1.807) is 18.1 Å². The molecule has 0 unspecified atom stereocenters. The van der Waals surface area contributed by atoms with E-state index in [0.29, 0.717) is 32.4 Å². The molecule has 23 heavy (non-hydrogen) atoms. The van der Waals surface area contributed by atoms with Gasteiger partial charge in [-0.25, -0.2) is 0 Å². The number of hydrogen-bond donors (Lipinski definition) is 1. The summed E-state index contributed by atoms with van der Waals surface area (Å²) in [7, 11) is 1.63. The van der Waals surface area contributed by atoms with E-state index in [2.05, 4.69) is 0 Å². The van der Waals surface area contributed by atoms with Crippen molar-refractivity contribution in [3.8, 4) is 5.75 Å². The number of aliphatic carboxylic acids is 1. The second-order valence-electron chi connectivity index (χ2n) is 5.92. The van der Waals surface area contributed by atoms with Crippen LogP contribution in [0.1, 0.15) is 25.3 Å². The van der Waals surface area contributed by atoms with Gasteiger partial charge in [0.05, 0.1) is 13.0 Å². The molecule has 0 bridgehead atoms. The van der Waals surface area contributed by atoms with Gasteiger partial charge in [0.2, 0.25) is 5.91 Å². The number of hydrogen-bond acceptors (Lipinski definition) is 3. The fourth-order valence-corrected chi connectivity index (χ4v) is 2.85. The van der Waals surface area contributed by atoms with Crippen LogP contribution in [0.3, 0.4) is 0 Å². The van der Waals surface area contributed by atoms with Crippen molar-refractivity contribution in [2.24, 2.45) is 5.92 Å². The van der Waals surface area contributed by atoms with E-state index in [9.17, 15) is 9.59 Å². The minimum atomic E-state index is -0.764. The number of amides is 1. The Bertz CT molecular complexity index is 601. The lowest BCUT2D eigenvalue weighted by Gasteiger charge is -2.29. The summed E-state index contributed by atoms with van der Waals surface area (Å²) in [4.78, 5) is 25.0. The monoisotopic (exact) mass is 317 g/mol. The van der Waals surface area contributed by atoms with Crippen LogP contribution in [0.15, 0.2) is 35.9 Å². The third-order valence-corrected chi connectivity index (χ3v) is 4.19. The van der Waals surface area contributed by atoms with E-state index in [1.165, 1.54) is 0 Å². The molecule has 1 aromatic carbocycles. The maximum Gasteiger partial charge on any atom is 0.306 e. The Labute approximate surface area is 136 Å². The SMILES string of the molecule is COc1ccccc1C/C(C)=C/C(=O)N1CCC(C(=O)O)CC1. The maximum absolute atomic E-state index is 12.3. The van der Waals surface area contributed by atoms with Gasteiger partial charge in [-0.15, -0.1) is 0 Å². The number of para-hydroxylation sites is 1. The lowest BCUT2D eigenvalue weighted by Crippen LogP contribution is -2.39. The number of carbonyl (C=O) groups is 2. The molecule has 1 aliphatic heterocycles. The predicted molar refractivity (Wildman–Crippen MR) is 87.4 cm³/mol. The summed E-state index contributed by atoms with van der Waals surface area (Å²) in [5, 5.41) is 8.99. The average molecular weight is 317 g/mol. The molecule has 1 aliphatic rings. The second-order valence-corrected chi connectivity index (χ2v) is 5.92. The van der Waals surface area contributed by atoms with Gasteiger partial charge in [-0.05, 0) is 37.8 Å². The quantitative estimate of drug-likeness (QED) is 0.847. The van der Waals surface area contributed by atoms with Gasteiger partial charge in [0.25, 0.3) is 0 Å². The second kappa shape index (κ2) is 7.81. The number of ether oxygens (including phenoxy) is 1. The number of rotatable bonds is 5. The maximum atomic E-state index is 12.3. The van der Waals surface area contributed by atoms with Gasteiger partial charge < -0.3 is 14.7 Å². The van der Waals surface area contributed by atoms with Crippen molar-refractivity contribution in [1.29, 1.82) is 0 Å². The number of methoxy groups -OCH3 is 1. The van der Waals surface area contributed by atoms with Crippen LogP contribution in [-0.4, -0.2) is 42.1 Å². The Morgan fingerprint density at radius 2 is 1.96 bits per heavy atom. The first kappa shape index (κ1) is 17.1. The summed E-state index contributed by atoms with van der Waals surface area (Å²) in [5.41, 5.74) is 2.00. The summed E-state index contributed by atoms with van der Waals surface area (Å²) in [6.45, 7) is 2.94. The molecule has 0 aromatic heterocycles. The molecule has 2 rings (SSSR count). The van der Waals surface area contributed by atoms with Crippen molar-refractivity contribution in [2.45, 2.75) is 26.2 Å². The molecule has 1 aromatic rings. The molecule has 0 aliphatic carbocycles. The molecule has 1 fully saturated rings. The fourth-order valence-electron chi connectivity index (χ4n) is 2.85. The van der Waals surface area contributed by atoms with Gasteiger partial charge in [-0.2, -0.15) is 0 Å². The van der Waals surface area contributed by atoms with Gasteiger partial charge >= 0.3 is 5.97 Å². The van der Waals surface area contributed by atoms with E-state index in [1.807, 2.05) is 31.2 Å². The van der Waals surface area contributed by atoms with Crippen LogP contribution in [0.2, 0.25) is 0 Å². The molecule has 0 atom stereocenters. The minimum Gasteiger partial charge on any atom is -0.496 e. The van der Waals surface area contributed by atoms with Gasteiger partial charge in [-0.1, -0.05) is 23.8 Å². The highest BCUT2D eigenvalue weighted by molar-refractivity contribution is 5.88. The van der Waals surface area contributed by atoms with Crippen molar-refractivity contribution < 1.29 is 19.4 Å². The average Bonchev–Trinajstić information content (AvgIpc) is 2.55. The molecule has 5 nitrogen and oxygen atoms in total. The van der Waals surface area contributed by atoms with Gasteiger partial charge in [0, 0.05) is 19.2 Å². The summed E-state index contributed by atoms with van der Waals surface area (Å²) in [6.07, 6.45) is 3.36. The molecule has 1 saturated heterocycles. The number of likely N-dealkylation sites (tertiary alicyclic amines) is 1. The number of allylic oxidation sites excluding steroid dienone is 1. The van der Waals surface area contributed by atoms with Crippen molar-refractivity contribution >= 4 is 11.9 Å². The van der Waals surface area contributed by atoms with E-state index >= 15 is 0 Å². The molecule has 5 heteroatoms. The van der Waals surface area contributed by atoms with Gasteiger partial charge in [0.15, 0.2) is 0 Å². The molecule has 0 spiro atoms. The summed E-state index contributed by atoms with van der Waals surface area (Å²) < 4.78 is 5.32. The lowest BCUT2D eigenvalue weighted by atomic mass is 9.97. The topological polar surface area (TPSA) is 66.8 Å². The smallest absolute Gasteiger partial charge is 0.306 e. The molecule has 1 amide bonds. The third kappa shape index (κ3) is 4.58. The summed E-state index contributed by atoms with van der Waals surface area (Å²) >= 11 is 0. The van der Waals surface area contributed by atoms with Crippen LogP contribution in [0, 0.1) is 5.92 Å². The molecular formula is C18H23NO4. The highest BCUT2D eigenvalue weighted by Gasteiger charge is 2.26. The lowest BCUT2D eigenvalue weighted by molar-refractivity contribution is -0.144. The fraction of sp³-hybridized carbons (Fsp3) is 0.444. The van der Waals surface area contributed by atoms with Crippen LogP contribution in [-0.2, 0) is 16.0 Å². The third-order valence-electron chi connectivity index (χ3n) is 4.19. The summed E-state index contributed by atoms with van der Waals surface area (Å²) in [6, 6.07) is 7.75. The highest BCUT2D eigenvalue weighted by atomic mass is 16.5. The first-order chi connectivity index (χ1) is 11.0. The molecular weight excluding hydrogens is 294 g/mol. The zero-order valence-corrected chi connectivity index (χ0v) is 13.6. The van der Waals surface area contributed by atoms with Gasteiger partial charge in [0.1, 0.15) is 5.75 Å². The normalized spacial score (nSPS) is 16.3. The van der Waals surface area contributed by atoms with Crippen LogP contribution in [0.4, 0.5) is 0 Å². The van der Waals surface area contributed by atoms with E-state index in [-0.39, 0.29) is 11.8 Å². The van der Waals surface area contributed by atoms with E-state index < -0.39 is 5.97 Å². The summed E-state index contributed by atoms with van der Waals surface area (Å²) in [5.74, 6) is -0.311. The number of nitrogens with zero attached hydrogens (tertiary/aromatic N) is 1. The molecule has 124 valence electrons. The van der Waals surface area contributed by atoms with Crippen molar-refractivity contribution in [2.75, 3.05) is 20.2 Å². The Morgan fingerprint density at radius 1 is 1.30 bits per heavy atom. The highest BCUT2D eigenvalue weighted by Crippen LogP contribution is 2.21. The number of piperidine rings is 1. The zero-order valence-electron chi connectivity index (χ0n) is 13.6. The molecule has 1 N–H and O–H groups in total. The molecule has 1 heterocycles. The number of carboxylic acids is 1.